The molecule has 1 N–H and O–H groups in total. The number of non-ortho nitro benzene ring substituents is 1. The molecule has 0 bridgehead atoms. The number of aryl methyl sites for hydroxylation is 2. The molecule has 8 heteroatoms. The van der Waals surface area contributed by atoms with Crippen LogP contribution in [0, 0.1) is 29.9 Å². The summed E-state index contributed by atoms with van der Waals surface area (Å²) >= 11 is 0. The van der Waals surface area contributed by atoms with E-state index in [1.807, 2.05) is 74.2 Å². The van der Waals surface area contributed by atoms with Gasteiger partial charge in [-0.25, -0.2) is 0 Å². The molecule has 44 heavy (non-hydrogen) atoms. The van der Waals surface area contributed by atoms with Crippen LogP contribution in [0.15, 0.2) is 97.1 Å². The molecule has 1 saturated heterocycles. The van der Waals surface area contributed by atoms with E-state index in [9.17, 15) is 24.5 Å². The van der Waals surface area contributed by atoms with Gasteiger partial charge in [-0.2, -0.15) is 0 Å². The zero-order chi connectivity index (χ0) is 30.9. The highest BCUT2D eigenvalue weighted by atomic mass is 16.6. The number of nitrogens with zero attached hydrogens (tertiary/aromatic N) is 2. The number of Topliss-reactive ketones (excluding diaryl/α,β-unsaturated/α-hetero) is 2. The van der Waals surface area contributed by atoms with Crippen LogP contribution in [0.3, 0.4) is 0 Å². The Hall–Kier alpha value is -5.37. The monoisotopic (exact) mass is 583 g/mol. The molecule has 1 fully saturated rings. The Morgan fingerprint density at radius 2 is 1.57 bits per heavy atom. The number of allylic oxidation sites excluding steroid dienone is 1. The number of hydrogen-bond acceptors (Lipinski definition) is 6. The minimum atomic E-state index is -1.49. The number of carbonyl (C=O) groups is 3. The molecule has 3 heterocycles. The average molecular weight is 584 g/mol. The standard InChI is InChI=1S/C36H29N3O5/c1-20-11-14-23(15-12-20)34(41)32-31(33(40)24-7-6-8-25(19-24)39(43)44)36(27-9-4-5-10-28(27)37-35(36)42)30-18-22(3)26-17-21(2)13-16-29(26)38(30)32/h4-19,30-32H,1-3H3,(H,37,42)/t30-,31+,32-,36-/m1/s1. The summed E-state index contributed by atoms with van der Waals surface area (Å²) in [4.78, 5) is 57.3. The zero-order valence-corrected chi connectivity index (χ0v) is 24.4. The van der Waals surface area contributed by atoms with Crippen molar-refractivity contribution in [1.29, 1.82) is 0 Å². The molecule has 0 unspecified atom stereocenters. The third-order valence-electron chi connectivity index (χ3n) is 9.36. The van der Waals surface area contributed by atoms with E-state index in [1.165, 1.54) is 24.3 Å². The van der Waals surface area contributed by atoms with E-state index in [1.54, 1.807) is 18.2 Å². The second-order valence-corrected chi connectivity index (χ2v) is 11.9. The fourth-order valence-corrected chi connectivity index (χ4v) is 7.39. The van der Waals surface area contributed by atoms with E-state index < -0.39 is 34.1 Å². The van der Waals surface area contributed by atoms with Crippen LogP contribution in [0.25, 0.3) is 5.57 Å². The number of anilines is 2. The topological polar surface area (TPSA) is 110 Å². The molecular weight excluding hydrogens is 554 g/mol. The summed E-state index contributed by atoms with van der Waals surface area (Å²) in [6, 6.07) is 24.2. The van der Waals surface area contributed by atoms with Crippen molar-refractivity contribution < 1.29 is 19.3 Å². The first-order chi connectivity index (χ1) is 21.1. The van der Waals surface area contributed by atoms with Crippen LogP contribution in [0.4, 0.5) is 17.1 Å². The highest BCUT2D eigenvalue weighted by molar-refractivity contribution is 6.18. The Morgan fingerprint density at radius 3 is 2.32 bits per heavy atom. The van der Waals surface area contributed by atoms with Gasteiger partial charge in [0.15, 0.2) is 11.6 Å². The predicted molar refractivity (Wildman–Crippen MR) is 168 cm³/mol. The SMILES string of the molecule is CC1=C[C@H]2N(c3ccc(C)cc31)[C@@H](C(=O)c1ccc(C)cc1)[C@@H](C(=O)c1cccc([N+](=O)[O-])c1)[C@]21C(=O)Nc2ccccc21. The molecule has 3 aliphatic rings. The second kappa shape index (κ2) is 9.84. The largest absolute Gasteiger partial charge is 0.352 e. The summed E-state index contributed by atoms with van der Waals surface area (Å²) in [5.41, 5.74) is 4.61. The van der Waals surface area contributed by atoms with E-state index in [2.05, 4.69) is 11.4 Å². The molecule has 0 saturated carbocycles. The molecule has 7 rings (SSSR count). The van der Waals surface area contributed by atoms with E-state index in [-0.39, 0.29) is 22.9 Å². The van der Waals surface area contributed by atoms with Gasteiger partial charge in [-0.05, 0) is 50.1 Å². The van der Waals surface area contributed by atoms with E-state index in [0.717, 1.165) is 28.0 Å². The van der Waals surface area contributed by atoms with Gasteiger partial charge in [0.25, 0.3) is 5.69 Å². The van der Waals surface area contributed by atoms with Gasteiger partial charge >= 0.3 is 0 Å². The van der Waals surface area contributed by atoms with Gasteiger partial charge in [0.1, 0.15) is 11.5 Å². The van der Waals surface area contributed by atoms with Crippen molar-refractivity contribution in [3.05, 3.63) is 141 Å². The summed E-state index contributed by atoms with van der Waals surface area (Å²) in [6.45, 7) is 5.91. The summed E-state index contributed by atoms with van der Waals surface area (Å²) in [6.07, 6.45) is 2.00. The lowest BCUT2D eigenvalue weighted by molar-refractivity contribution is -0.384. The number of para-hydroxylation sites is 1. The minimum Gasteiger partial charge on any atom is -0.352 e. The van der Waals surface area contributed by atoms with Gasteiger partial charge < -0.3 is 10.2 Å². The summed E-state index contributed by atoms with van der Waals surface area (Å²) in [7, 11) is 0. The Bertz CT molecular complexity index is 1950. The molecule has 218 valence electrons. The van der Waals surface area contributed by atoms with Crippen LogP contribution < -0.4 is 10.2 Å². The maximum Gasteiger partial charge on any atom is 0.270 e. The van der Waals surface area contributed by atoms with Crippen molar-refractivity contribution in [1.82, 2.24) is 0 Å². The predicted octanol–water partition coefficient (Wildman–Crippen LogP) is 6.46. The average Bonchev–Trinajstić information content (AvgIpc) is 3.49. The Balaban J connectivity index is 1.55. The van der Waals surface area contributed by atoms with E-state index in [4.69, 9.17) is 0 Å². The third kappa shape index (κ3) is 3.80. The number of nitrogens with one attached hydrogen (secondary N) is 1. The number of fused-ring (bicyclic) bond motifs is 6. The summed E-state index contributed by atoms with van der Waals surface area (Å²) in [5.74, 6) is -2.38. The number of carbonyl (C=O) groups excluding carboxylic acids is 3. The van der Waals surface area contributed by atoms with Crippen molar-refractivity contribution in [3.63, 3.8) is 0 Å². The first kappa shape index (κ1) is 27.5. The molecule has 0 aromatic heterocycles. The first-order valence-electron chi connectivity index (χ1n) is 14.5. The molecule has 8 nitrogen and oxygen atoms in total. The van der Waals surface area contributed by atoms with Crippen molar-refractivity contribution >= 4 is 40.1 Å². The molecule has 0 aliphatic carbocycles. The number of rotatable bonds is 5. The van der Waals surface area contributed by atoms with Crippen molar-refractivity contribution in [3.8, 4) is 0 Å². The summed E-state index contributed by atoms with van der Waals surface area (Å²) < 4.78 is 0. The highest BCUT2D eigenvalue weighted by Gasteiger charge is 2.70. The number of nitro benzene ring substituents is 1. The van der Waals surface area contributed by atoms with Gasteiger partial charge in [0.05, 0.1) is 16.9 Å². The quantitative estimate of drug-likeness (QED) is 0.164. The Labute approximate surface area is 254 Å². The van der Waals surface area contributed by atoms with Gasteiger partial charge in [0.2, 0.25) is 5.91 Å². The molecule has 1 spiro atoms. The molecule has 1 amide bonds. The van der Waals surface area contributed by atoms with Gasteiger partial charge in [-0.15, -0.1) is 0 Å². The van der Waals surface area contributed by atoms with Crippen molar-refractivity contribution in [2.24, 2.45) is 5.92 Å². The lowest BCUT2D eigenvalue weighted by atomic mass is 9.64. The fourth-order valence-electron chi connectivity index (χ4n) is 7.39. The molecule has 4 atom stereocenters. The van der Waals surface area contributed by atoms with Crippen LogP contribution >= 0.6 is 0 Å². The van der Waals surface area contributed by atoms with Gasteiger partial charge in [0, 0.05) is 40.2 Å². The van der Waals surface area contributed by atoms with Crippen molar-refractivity contribution in [2.45, 2.75) is 38.3 Å². The van der Waals surface area contributed by atoms with E-state index >= 15 is 0 Å². The van der Waals surface area contributed by atoms with Gasteiger partial charge in [-0.1, -0.05) is 77.9 Å². The Morgan fingerprint density at radius 1 is 0.841 bits per heavy atom. The Kier molecular flexibility index (Phi) is 6.14. The van der Waals surface area contributed by atoms with Crippen molar-refractivity contribution in [2.75, 3.05) is 10.2 Å². The molecule has 4 aromatic rings. The van der Waals surface area contributed by atoms with Gasteiger partial charge in [-0.3, -0.25) is 24.5 Å². The fraction of sp³-hybridized carbons (Fsp3) is 0.194. The second-order valence-electron chi connectivity index (χ2n) is 11.9. The van der Waals surface area contributed by atoms with Crippen LogP contribution in [-0.2, 0) is 10.2 Å². The third-order valence-corrected chi connectivity index (χ3v) is 9.36. The summed E-state index contributed by atoms with van der Waals surface area (Å²) in [5, 5.41) is 14.7. The number of nitro groups is 1. The number of hydrogen-bond donors (Lipinski definition) is 1. The van der Waals surface area contributed by atoms with Crippen LogP contribution in [0.5, 0.6) is 0 Å². The smallest absolute Gasteiger partial charge is 0.270 e. The van der Waals surface area contributed by atoms with Crippen LogP contribution in [-0.4, -0.2) is 34.5 Å². The van der Waals surface area contributed by atoms with Crippen LogP contribution in [0.1, 0.15) is 49.9 Å². The first-order valence-corrected chi connectivity index (χ1v) is 14.5. The minimum absolute atomic E-state index is 0.0761. The zero-order valence-electron chi connectivity index (χ0n) is 24.4. The number of ketones is 2. The number of amides is 1. The molecule has 4 aromatic carbocycles. The lowest BCUT2D eigenvalue weighted by Crippen LogP contribution is -2.51. The highest BCUT2D eigenvalue weighted by Crippen LogP contribution is 2.59. The van der Waals surface area contributed by atoms with Crippen LogP contribution in [0.2, 0.25) is 0 Å². The maximum absolute atomic E-state index is 14.9. The normalized spacial score (nSPS) is 23.0. The van der Waals surface area contributed by atoms with E-state index in [0.29, 0.717) is 16.8 Å². The lowest BCUT2D eigenvalue weighted by Gasteiger charge is -2.39. The molecular formula is C36H29N3O5. The maximum atomic E-state index is 14.9. The molecule has 0 radical (unpaired) electrons. The molecule has 3 aliphatic heterocycles. The number of benzene rings is 4.